The van der Waals surface area contributed by atoms with Gasteiger partial charge in [0.1, 0.15) is 0 Å². The van der Waals surface area contributed by atoms with Gasteiger partial charge in [0.25, 0.3) is 0 Å². The minimum absolute atomic E-state index is 0.0475. The molecule has 0 amide bonds. The van der Waals surface area contributed by atoms with E-state index in [0.29, 0.717) is 0 Å². The van der Waals surface area contributed by atoms with E-state index < -0.39 is 0 Å². The van der Waals surface area contributed by atoms with Crippen molar-refractivity contribution >= 4 is 5.97 Å². The molecular weight excluding hydrogens is 116 g/mol. The van der Waals surface area contributed by atoms with Crippen LogP contribution in [0.25, 0.3) is 0 Å². The number of hydrogen-bond donors (Lipinski definition) is 0. The normalized spacial score (nSPS) is 22.4. The summed E-state index contributed by atoms with van der Waals surface area (Å²) in [6.45, 7) is 1.96. The summed E-state index contributed by atoms with van der Waals surface area (Å²) in [5, 5.41) is 0. The third kappa shape index (κ3) is 0.934. The zero-order valence-electron chi connectivity index (χ0n) is 5.94. The average molecular weight is 128 g/mol. The second-order valence-corrected chi connectivity index (χ2v) is 2.91. The minimum atomic E-state index is -0.130. The smallest absolute Gasteiger partial charge is 0.311 e. The first kappa shape index (κ1) is 6.59. The molecule has 0 bridgehead atoms. The number of ether oxygens (including phenoxy) is 1. The fourth-order valence-electron chi connectivity index (χ4n) is 1.16. The summed E-state index contributed by atoms with van der Waals surface area (Å²) in [4.78, 5) is 10.9. The fourth-order valence-corrected chi connectivity index (χ4v) is 1.16. The first-order valence-corrected chi connectivity index (χ1v) is 3.27. The molecule has 1 fully saturated rings. The molecule has 0 heterocycles. The van der Waals surface area contributed by atoms with Crippen molar-refractivity contribution in [2.75, 3.05) is 7.11 Å². The molecule has 0 aromatic heterocycles. The Morgan fingerprint density at radius 2 is 2.11 bits per heavy atom. The number of hydrogen-bond acceptors (Lipinski definition) is 2. The van der Waals surface area contributed by atoms with Crippen LogP contribution in [0.2, 0.25) is 0 Å². The van der Waals surface area contributed by atoms with E-state index in [4.69, 9.17) is 0 Å². The SMILES string of the molecule is COC(=O)C1(C)CCC1. The van der Waals surface area contributed by atoms with E-state index in [2.05, 4.69) is 4.74 Å². The van der Waals surface area contributed by atoms with Crippen LogP contribution in [0.3, 0.4) is 0 Å². The predicted octanol–water partition coefficient (Wildman–Crippen LogP) is 1.35. The van der Waals surface area contributed by atoms with Crippen molar-refractivity contribution in [1.82, 2.24) is 0 Å². The Morgan fingerprint density at radius 1 is 1.56 bits per heavy atom. The maximum Gasteiger partial charge on any atom is 0.311 e. The molecule has 2 nitrogen and oxygen atoms in total. The van der Waals surface area contributed by atoms with Crippen molar-refractivity contribution in [3.63, 3.8) is 0 Å². The Kier molecular flexibility index (Phi) is 1.47. The molecule has 9 heavy (non-hydrogen) atoms. The van der Waals surface area contributed by atoms with Crippen LogP contribution >= 0.6 is 0 Å². The summed E-state index contributed by atoms with van der Waals surface area (Å²) in [5.74, 6) is -0.0475. The standard InChI is InChI=1S/C7H12O2/c1-7(4-3-5-7)6(8)9-2/h3-5H2,1-2H3. The highest BCUT2D eigenvalue weighted by Crippen LogP contribution is 2.40. The van der Waals surface area contributed by atoms with Gasteiger partial charge < -0.3 is 4.74 Å². The van der Waals surface area contributed by atoms with Crippen molar-refractivity contribution in [2.24, 2.45) is 5.41 Å². The molecule has 1 saturated carbocycles. The van der Waals surface area contributed by atoms with Gasteiger partial charge in [-0.15, -0.1) is 0 Å². The first-order chi connectivity index (χ1) is 4.19. The van der Waals surface area contributed by atoms with Gasteiger partial charge in [0.05, 0.1) is 12.5 Å². The van der Waals surface area contributed by atoms with Gasteiger partial charge in [-0.2, -0.15) is 0 Å². The zero-order chi connectivity index (χ0) is 6.91. The fraction of sp³-hybridized carbons (Fsp3) is 0.857. The zero-order valence-corrected chi connectivity index (χ0v) is 5.94. The van der Waals surface area contributed by atoms with Crippen molar-refractivity contribution < 1.29 is 9.53 Å². The Bertz CT molecular complexity index is 125. The lowest BCUT2D eigenvalue weighted by molar-refractivity contribution is -0.156. The number of methoxy groups -OCH3 is 1. The van der Waals surface area contributed by atoms with Crippen LogP contribution in [0.5, 0.6) is 0 Å². The summed E-state index contributed by atoms with van der Waals surface area (Å²) >= 11 is 0. The number of carbonyl (C=O) groups is 1. The van der Waals surface area contributed by atoms with Gasteiger partial charge in [0, 0.05) is 0 Å². The van der Waals surface area contributed by atoms with Crippen LogP contribution in [0.4, 0.5) is 0 Å². The van der Waals surface area contributed by atoms with Crippen LogP contribution in [-0.2, 0) is 9.53 Å². The molecule has 0 aromatic rings. The molecule has 1 aliphatic rings. The maximum atomic E-state index is 10.9. The molecule has 52 valence electrons. The van der Waals surface area contributed by atoms with Gasteiger partial charge in [0.2, 0.25) is 0 Å². The first-order valence-electron chi connectivity index (χ1n) is 3.27. The summed E-state index contributed by atoms with van der Waals surface area (Å²) in [5.41, 5.74) is -0.130. The quantitative estimate of drug-likeness (QED) is 0.498. The molecule has 0 spiro atoms. The Balaban J connectivity index is 2.49. The minimum Gasteiger partial charge on any atom is -0.469 e. The molecular formula is C7H12O2. The second-order valence-electron chi connectivity index (χ2n) is 2.91. The van der Waals surface area contributed by atoms with Crippen molar-refractivity contribution in [1.29, 1.82) is 0 Å². The number of esters is 1. The number of rotatable bonds is 1. The molecule has 0 unspecified atom stereocenters. The summed E-state index contributed by atoms with van der Waals surface area (Å²) < 4.78 is 4.62. The predicted molar refractivity (Wildman–Crippen MR) is 34.0 cm³/mol. The summed E-state index contributed by atoms with van der Waals surface area (Å²) in [6.07, 6.45) is 3.17. The lowest BCUT2D eigenvalue weighted by Crippen LogP contribution is -2.35. The molecule has 0 radical (unpaired) electrons. The third-order valence-electron chi connectivity index (χ3n) is 2.14. The summed E-state index contributed by atoms with van der Waals surface area (Å²) in [6, 6.07) is 0. The van der Waals surface area contributed by atoms with E-state index in [-0.39, 0.29) is 11.4 Å². The van der Waals surface area contributed by atoms with Gasteiger partial charge in [0.15, 0.2) is 0 Å². The van der Waals surface area contributed by atoms with E-state index >= 15 is 0 Å². The largest absolute Gasteiger partial charge is 0.469 e. The van der Waals surface area contributed by atoms with Gasteiger partial charge in [-0.1, -0.05) is 6.42 Å². The third-order valence-corrected chi connectivity index (χ3v) is 2.14. The van der Waals surface area contributed by atoms with Crippen LogP contribution < -0.4 is 0 Å². The number of carbonyl (C=O) groups excluding carboxylic acids is 1. The van der Waals surface area contributed by atoms with Crippen molar-refractivity contribution in [3.8, 4) is 0 Å². The van der Waals surface area contributed by atoms with Crippen LogP contribution in [0.15, 0.2) is 0 Å². The lowest BCUT2D eigenvalue weighted by atomic mass is 9.70. The average Bonchev–Trinajstić information content (AvgIpc) is 1.81. The maximum absolute atomic E-state index is 10.9. The van der Waals surface area contributed by atoms with Crippen LogP contribution in [0, 0.1) is 5.41 Å². The van der Waals surface area contributed by atoms with Gasteiger partial charge in [-0.25, -0.2) is 0 Å². The van der Waals surface area contributed by atoms with Crippen LogP contribution in [-0.4, -0.2) is 13.1 Å². The van der Waals surface area contributed by atoms with Crippen molar-refractivity contribution in [3.05, 3.63) is 0 Å². The van der Waals surface area contributed by atoms with Gasteiger partial charge in [-0.3, -0.25) is 4.79 Å². The molecule has 2 heteroatoms. The van der Waals surface area contributed by atoms with Crippen molar-refractivity contribution in [2.45, 2.75) is 26.2 Å². The topological polar surface area (TPSA) is 26.3 Å². The highest BCUT2D eigenvalue weighted by molar-refractivity contribution is 5.77. The van der Waals surface area contributed by atoms with Gasteiger partial charge >= 0.3 is 5.97 Å². The van der Waals surface area contributed by atoms with E-state index in [9.17, 15) is 4.79 Å². The summed E-state index contributed by atoms with van der Waals surface area (Å²) in [7, 11) is 1.45. The Morgan fingerprint density at radius 3 is 2.22 bits per heavy atom. The van der Waals surface area contributed by atoms with E-state index in [0.717, 1.165) is 12.8 Å². The molecule has 1 aliphatic carbocycles. The van der Waals surface area contributed by atoms with Crippen LogP contribution in [0.1, 0.15) is 26.2 Å². The van der Waals surface area contributed by atoms with E-state index in [1.54, 1.807) is 0 Å². The molecule has 0 aromatic carbocycles. The molecule has 0 N–H and O–H groups in total. The lowest BCUT2D eigenvalue weighted by Gasteiger charge is -2.34. The Hall–Kier alpha value is -0.530. The molecule has 0 atom stereocenters. The van der Waals surface area contributed by atoms with Gasteiger partial charge in [-0.05, 0) is 19.8 Å². The molecule has 1 rings (SSSR count). The van der Waals surface area contributed by atoms with E-state index in [1.807, 2.05) is 6.92 Å². The highest BCUT2D eigenvalue weighted by atomic mass is 16.5. The monoisotopic (exact) mass is 128 g/mol. The second kappa shape index (κ2) is 2.01. The Labute approximate surface area is 55.2 Å². The van der Waals surface area contributed by atoms with E-state index in [1.165, 1.54) is 13.5 Å². The highest BCUT2D eigenvalue weighted by Gasteiger charge is 2.40. The molecule has 0 aliphatic heterocycles. The molecule has 0 saturated heterocycles.